The molecule has 2 spiro atoms. The Balaban J connectivity index is 1.62. The van der Waals surface area contributed by atoms with Gasteiger partial charge in [-0.3, -0.25) is 0 Å². The molecule has 0 aromatic carbocycles. The Labute approximate surface area is 104 Å². The molecule has 1 saturated carbocycles. The first-order valence-electron chi connectivity index (χ1n) is 5.92. The van der Waals surface area contributed by atoms with Crippen molar-refractivity contribution >= 4 is 15.9 Å². The average Bonchev–Trinajstić information content (AvgIpc) is 2.91. The first kappa shape index (κ1) is 11.4. The van der Waals surface area contributed by atoms with Crippen molar-refractivity contribution in [3.63, 3.8) is 0 Å². The van der Waals surface area contributed by atoms with E-state index < -0.39 is 0 Å². The monoisotopic (exact) mass is 292 g/mol. The number of alkyl halides is 1. The minimum atomic E-state index is -0.362. The van der Waals surface area contributed by atoms with Crippen LogP contribution in [0.3, 0.4) is 0 Å². The second kappa shape index (κ2) is 4.21. The first-order chi connectivity index (χ1) is 7.76. The average molecular weight is 293 g/mol. The van der Waals surface area contributed by atoms with Crippen molar-refractivity contribution in [2.24, 2.45) is 0 Å². The summed E-state index contributed by atoms with van der Waals surface area (Å²) in [6.07, 6.45) is 3.69. The predicted molar refractivity (Wildman–Crippen MR) is 60.5 cm³/mol. The molecule has 3 aliphatic rings. The van der Waals surface area contributed by atoms with E-state index in [4.69, 9.17) is 18.9 Å². The molecule has 5 heteroatoms. The predicted octanol–water partition coefficient (Wildman–Crippen LogP) is 1.81. The van der Waals surface area contributed by atoms with Crippen LogP contribution in [-0.4, -0.2) is 42.8 Å². The third-order valence-electron chi connectivity index (χ3n) is 3.67. The number of hydrogen-bond acceptors (Lipinski definition) is 4. The molecule has 0 bridgehead atoms. The van der Waals surface area contributed by atoms with E-state index in [2.05, 4.69) is 15.9 Å². The maximum absolute atomic E-state index is 5.96. The molecular weight excluding hydrogens is 276 g/mol. The molecule has 4 nitrogen and oxygen atoms in total. The van der Waals surface area contributed by atoms with E-state index >= 15 is 0 Å². The molecule has 2 heterocycles. The Morgan fingerprint density at radius 2 is 1.56 bits per heavy atom. The standard InChI is InChI=1S/C11H17BrO4/c12-7-9-8-15-11(16-9)3-1-10(2-4-11)13-5-6-14-10/h9H,1-8H2. The molecule has 3 fully saturated rings. The van der Waals surface area contributed by atoms with E-state index in [0.717, 1.165) is 44.2 Å². The smallest absolute Gasteiger partial charge is 0.169 e. The quantitative estimate of drug-likeness (QED) is 0.691. The maximum atomic E-state index is 5.96. The number of halogens is 1. The number of rotatable bonds is 1. The van der Waals surface area contributed by atoms with Crippen molar-refractivity contribution in [2.75, 3.05) is 25.2 Å². The van der Waals surface area contributed by atoms with E-state index in [1.807, 2.05) is 0 Å². The van der Waals surface area contributed by atoms with Gasteiger partial charge in [-0.1, -0.05) is 15.9 Å². The third-order valence-corrected chi connectivity index (χ3v) is 4.40. The summed E-state index contributed by atoms with van der Waals surface area (Å²) in [5.41, 5.74) is 0. The highest BCUT2D eigenvalue weighted by molar-refractivity contribution is 9.09. The summed E-state index contributed by atoms with van der Waals surface area (Å²) in [6.45, 7) is 2.14. The molecule has 0 amide bonds. The molecule has 0 aromatic rings. The molecule has 0 radical (unpaired) electrons. The van der Waals surface area contributed by atoms with Crippen molar-refractivity contribution < 1.29 is 18.9 Å². The molecular formula is C11H17BrO4. The van der Waals surface area contributed by atoms with Gasteiger partial charge in [-0.25, -0.2) is 0 Å². The lowest BCUT2D eigenvalue weighted by Crippen LogP contribution is -2.44. The summed E-state index contributed by atoms with van der Waals surface area (Å²) in [7, 11) is 0. The van der Waals surface area contributed by atoms with Crippen molar-refractivity contribution in [1.29, 1.82) is 0 Å². The number of hydrogen-bond donors (Lipinski definition) is 0. The highest BCUT2D eigenvalue weighted by atomic mass is 79.9. The zero-order chi connectivity index (χ0) is 11.1. The highest BCUT2D eigenvalue weighted by Gasteiger charge is 2.50. The van der Waals surface area contributed by atoms with Crippen LogP contribution in [0.25, 0.3) is 0 Å². The van der Waals surface area contributed by atoms with Crippen molar-refractivity contribution in [1.82, 2.24) is 0 Å². The van der Waals surface area contributed by atoms with Gasteiger partial charge in [0.1, 0.15) is 0 Å². The van der Waals surface area contributed by atoms with E-state index in [9.17, 15) is 0 Å². The van der Waals surface area contributed by atoms with Gasteiger partial charge in [0, 0.05) is 31.0 Å². The normalized spacial score (nSPS) is 36.2. The summed E-state index contributed by atoms with van der Waals surface area (Å²) in [6, 6.07) is 0. The van der Waals surface area contributed by atoms with E-state index in [0.29, 0.717) is 6.61 Å². The largest absolute Gasteiger partial charge is 0.348 e. The summed E-state index contributed by atoms with van der Waals surface area (Å²) in [4.78, 5) is 0. The van der Waals surface area contributed by atoms with Crippen molar-refractivity contribution in [3.05, 3.63) is 0 Å². The van der Waals surface area contributed by atoms with Gasteiger partial charge in [-0.2, -0.15) is 0 Å². The van der Waals surface area contributed by atoms with E-state index in [-0.39, 0.29) is 17.7 Å². The fourth-order valence-corrected chi connectivity index (χ4v) is 3.07. The maximum Gasteiger partial charge on any atom is 0.169 e. The molecule has 16 heavy (non-hydrogen) atoms. The Hall–Kier alpha value is 0.320. The van der Waals surface area contributed by atoms with Gasteiger partial charge in [0.25, 0.3) is 0 Å². The van der Waals surface area contributed by atoms with Crippen LogP contribution in [0.15, 0.2) is 0 Å². The van der Waals surface area contributed by atoms with Crippen LogP contribution in [0.1, 0.15) is 25.7 Å². The lowest BCUT2D eigenvalue weighted by atomic mass is 9.89. The molecule has 1 unspecified atom stereocenters. The van der Waals surface area contributed by atoms with Crippen molar-refractivity contribution in [2.45, 2.75) is 43.4 Å². The second-order valence-electron chi connectivity index (χ2n) is 4.72. The number of ether oxygens (including phenoxy) is 4. The molecule has 0 aromatic heterocycles. The minimum absolute atomic E-state index is 0.194. The SMILES string of the molecule is BrCC1COC2(CCC3(CC2)OCCO3)O1. The Kier molecular flexibility index (Phi) is 3.00. The van der Waals surface area contributed by atoms with Gasteiger partial charge in [-0.15, -0.1) is 0 Å². The fourth-order valence-electron chi connectivity index (χ4n) is 2.75. The summed E-state index contributed by atoms with van der Waals surface area (Å²) in [5.74, 6) is -0.691. The fraction of sp³-hybridized carbons (Fsp3) is 1.00. The van der Waals surface area contributed by atoms with Gasteiger partial charge >= 0.3 is 0 Å². The van der Waals surface area contributed by atoms with Crippen LogP contribution < -0.4 is 0 Å². The molecule has 2 saturated heterocycles. The van der Waals surface area contributed by atoms with Crippen LogP contribution in [0.4, 0.5) is 0 Å². The van der Waals surface area contributed by atoms with Gasteiger partial charge in [0.15, 0.2) is 11.6 Å². The van der Waals surface area contributed by atoms with Gasteiger partial charge < -0.3 is 18.9 Å². The summed E-state index contributed by atoms with van der Waals surface area (Å²) < 4.78 is 23.2. The minimum Gasteiger partial charge on any atom is -0.348 e. The first-order valence-corrected chi connectivity index (χ1v) is 7.04. The zero-order valence-electron chi connectivity index (χ0n) is 9.25. The van der Waals surface area contributed by atoms with Crippen molar-refractivity contribution in [3.8, 4) is 0 Å². The Bertz CT molecular complexity index is 255. The molecule has 1 atom stereocenters. The topological polar surface area (TPSA) is 36.9 Å². The lowest BCUT2D eigenvalue weighted by Gasteiger charge is -2.40. The van der Waals surface area contributed by atoms with Gasteiger partial charge in [-0.05, 0) is 0 Å². The van der Waals surface area contributed by atoms with Gasteiger partial charge in [0.05, 0.1) is 25.9 Å². The van der Waals surface area contributed by atoms with Gasteiger partial charge in [0.2, 0.25) is 0 Å². The summed E-state index contributed by atoms with van der Waals surface area (Å²) >= 11 is 3.43. The van der Waals surface area contributed by atoms with Crippen LogP contribution in [0, 0.1) is 0 Å². The van der Waals surface area contributed by atoms with E-state index in [1.165, 1.54) is 0 Å². The zero-order valence-corrected chi connectivity index (χ0v) is 10.8. The molecule has 3 rings (SSSR count). The van der Waals surface area contributed by atoms with Crippen LogP contribution in [0.5, 0.6) is 0 Å². The molecule has 92 valence electrons. The molecule has 0 N–H and O–H groups in total. The highest BCUT2D eigenvalue weighted by Crippen LogP contribution is 2.45. The lowest BCUT2D eigenvalue weighted by molar-refractivity contribution is -0.253. The van der Waals surface area contributed by atoms with E-state index in [1.54, 1.807) is 0 Å². The van der Waals surface area contributed by atoms with Crippen LogP contribution >= 0.6 is 15.9 Å². The molecule has 2 aliphatic heterocycles. The Morgan fingerprint density at radius 3 is 2.12 bits per heavy atom. The van der Waals surface area contributed by atoms with Crippen LogP contribution in [-0.2, 0) is 18.9 Å². The summed E-state index contributed by atoms with van der Waals surface area (Å²) in [5, 5.41) is 0.840. The third kappa shape index (κ3) is 1.93. The van der Waals surface area contributed by atoms with Crippen LogP contribution in [0.2, 0.25) is 0 Å². The second-order valence-corrected chi connectivity index (χ2v) is 5.37. The Morgan fingerprint density at radius 1 is 0.938 bits per heavy atom. The molecule has 1 aliphatic carbocycles.